The zero-order chi connectivity index (χ0) is 19.2. The molecule has 1 fully saturated rings. The van der Waals surface area contributed by atoms with Crippen molar-refractivity contribution in [1.82, 2.24) is 4.90 Å². The third kappa shape index (κ3) is 5.24. The number of amides is 2. The second kappa shape index (κ2) is 8.92. The van der Waals surface area contributed by atoms with Crippen LogP contribution >= 0.6 is 23.4 Å². The fraction of sp³-hybridized carbons (Fsp3) is 0.211. The predicted molar refractivity (Wildman–Crippen MR) is 106 cm³/mol. The van der Waals surface area contributed by atoms with Crippen LogP contribution in [0.15, 0.2) is 48.5 Å². The maximum atomic E-state index is 12.2. The quantitative estimate of drug-likeness (QED) is 0.580. The molecule has 27 heavy (non-hydrogen) atoms. The minimum atomic E-state index is -0.410. The van der Waals surface area contributed by atoms with Crippen molar-refractivity contribution in [2.75, 3.05) is 24.2 Å². The van der Waals surface area contributed by atoms with E-state index in [9.17, 15) is 14.4 Å². The van der Waals surface area contributed by atoms with E-state index in [4.69, 9.17) is 16.3 Å². The molecule has 1 N–H and O–H groups in total. The van der Waals surface area contributed by atoms with Gasteiger partial charge in [-0.15, -0.1) is 0 Å². The average Bonchev–Trinajstić information content (AvgIpc) is 3.07. The number of hydrogen-bond acceptors (Lipinski definition) is 5. The fourth-order valence-corrected chi connectivity index (χ4v) is 3.56. The fourth-order valence-electron chi connectivity index (χ4n) is 2.49. The highest BCUT2D eigenvalue weighted by Gasteiger charge is 2.21. The van der Waals surface area contributed by atoms with Crippen LogP contribution in [0.25, 0.3) is 0 Å². The molecule has 1 aliphatic rings. The van der Waals surface area contributed by atoms with Gasteiger partial charge in [-0.25, -0.2) is 0 Å². The van der Waals surface area contributed by atoms with Crippen molar-refractivity contribution < 1.29 is 19.1 Å². The number of nitrogens with one attached hydrogen (secondary N) is 1. The van der Waals surface area contributed by atoms with Crippen LogP contribution in [0.4, 0.5) is 10.5 Å². The molecule has 2 amide bonds. The zero-order valence-electron chi connectivity index (χ0n) is 14.3. The monoisotopic (exact) mass is 404 g/mol. The van der Waals surface area contributed by atoms with Gasteiger partial charge >= 0.3 is 5.97 Å². The molecule has 3 rings (SSSR count). The molecule has 1 aliphatic heterocycles. The summed E-state index contributed by atoms with van der Waals surface area (Å²) in [5.74, 6) is 0.402. The molecule has 0 spiro atoms. The van der Waals surface area contributed by atoms with E-state index in [1.807, 2.05) is 0 Å². The third-order valence-electron chi connectivity index (χ3n) is 3.89. The number of ether oxygens (including phenoxy) is 1. The maximum absolute atomic E-state index is 12.2. The number of rotatable bonds is 6. The first-order chi connectivity index (χ1) is 13.0. The summed E-state index contributed by atoms with van der Waals surface area (Å²) in [6.07, 6.45) is 0.136. The Morgan fingerprint density at radius 2 is 1.89 bits per heavy atom. The first kappa shape index (κ1) is 19.3. The molecule has 140 valence electrons. The lowest BCUT2D eigenvalue weighted by molar-refractivity contribution is -0.134. The van der Waals surface area contributed by atoms with Crippen molar-refractivity contribution >= 4 is 46.2 Å². The highest BCUT2D eigenvalue weighted by atomic mass is 35.5. The minimum Gasteiger partial charge on any atom is -0.426 e. The Hall–Kier alpha value is -2.51. The van der Waals surface area contributed by atoms with Gasteiger partial charge in [0.05, 0.1) is 17.0 Å². The topological polar surface area (TPSA) is 75.7 Å². The summed E-state index contributed by atoms with van der Waals surface area (Å²) in [5, 5.41) is 3.11. The second-order valence-corrected chi connectivity index (χ2v) is 7.24. The standard InChI is InChI=1S/C19H17ClN2O4S/c20-16-4-2-1-3-15(16)18(24)21-13-5-7-14(8-6-13)26-17(23)9-10-22-11-12-27-19(22)25/h1-8H,9-12H2,(H,21,24). The number of hydrogen-bond donors (Lipinski definition) is 1. The van der Waals surface area contributed by atoms with Gasteiger partial charge in [-0.05, 0) is 36.4 Å². The number of nitrogens with zero attached hydrogens (tertiary/aromatic N) is 1. The SMILES string of the molecule is O=C(CCN1CCSC1=O)Oc1ccc(NC(=O)c2ccccc2Cl)cc1. The smallest absolute Gasteiger partial charge is 0.312 e. The Kier molecular flexibility index (Phi) is 6.36. The van der Waals surface area contributed by atoms with Gasteiger partial charge in [0.15, 0.2) is 0 Å². The van der Waals surface area contributed by atoms with Crippen LogP contribution in [0.3, 0.4) is 0 Å². The van der Waals surface area contributed by atoms with Crippen LogP contribution in [0.5, 0.6) is 5.75 Å². The Labute approximate surface area is 165 Å². The molecule has 1 saturated heterocycles. The van der Waals surface area contributed by atoms with E-state index in [0.29, 0.717) is 35.1 Å². The number of benzene rings is 2. The van der Waals surface area contributed by atoms with Gasteiger partial charge in [0, 0.05) is 24.5 Å². The third-order valence-corrected chi connectivity index (χ3v) is 5.11. The molecule has 0 unspecified atom stereocenters. The van der Waals surface area contributed by atoms with Crippen LogP contribution in [-0.4, -0.2) is 40.9 Å². The Balaban J connectivity index is 1.51. The molecule has 8 heteroatoms. The molecule has 0 aliphatic carbocycles. The van der Waals surface area contributed by atoms with Crippen molar-refractivity contribution in [3.05, 3.63) is 59.1 Å². The number of carbonyl (C=O) groups excluding carboxylic acids is 3. The molecule has 0 atom stereocenters. The van der Waals surface area contributed by atoms with Gasteiger partial charge in [0.25, 0.3) is 11.1 Å². The van der Waals surface area contributed by atoms with E-state index >= 15 is 0 Å². The van der Waals surface area contributed by atoms with Crippen LogP contribution in [-0.2, 0) is 4.79 Å². The summed E-state index contributed by atoms with van der Waals surface area (Å²) in [4.78, 5) is 37.3. The largest absolute Gasteiger partial charge is 0.426 e. The number of thioether (sulfide) groups is 1. The van der Waals surface area contributed by atoms with Crippen LogP contribution in [0, 0.1) is 0 Å². The van der Waals surface area contributed by atoms with E-state index in [0.717, 1.165) is 5.75 Å². The summed E-state index contributed by atoms with van der Waals surface area (Å²) in [7, 11) is 0. The predicted octanol–water partition coefficient (Wildman–Crippen LogP) is 4.06. The Morgan fingerprint density at radius 3 is 2.56 bits per heavy atom. The lowest BCUT2D eigenvalue weighted by Crippen LogP contribution is -2.27. The number of carbonyl (C=O) groups is 3. The molecule has 0 bridgehead atoms. The normalized spacial score (nSPS) is 13.5. The zero-order valence-corrected chi connectivity index (χ0v) is 15.9. The average molecular weight is 405 g/mol. The lowest BCUT2D eigenvalue weighted by atomic mass is 10.2. The molecule has 6 nitrogen and oxygen atoms in total. The van der Waals surface area contributed by atoms with E-state index < -0.39 is 5.97 Å². The molecule has 1 heterocycles. The Bertz CT molecular complexity index is 857. The van der Waals surface area contributed by atoms with Gasteiger partial charge in [-0.1, -0.05) is 35.5 Å². The van der Waals surface area contributed by atoms with Crippen LogP contribution in [0.2, 0.25) is 5.02 Å². The van der Waals surface area contributed by atoms with Crippen LogP contribution < -0.4 is 10.1 Å². The summed E-state index contributed by atoms with van der Waals surface area (Å²) in [6.45, 7) is 1.02. The molecular weight excluding hydrogens is 388 g/mol. The van der Waals surface area contributed by atoms with Gasteiger partial charge in [-0.3, -0.25) is 14.4 Å². The van der Waals surface area contributed by atoms with Gasteiger partial charge < -0.3 is 15.0 Å². The van der Waals surface area contributed by atoms with E-state index in [-0.39, 0.29) is 17.6 Å². The number of esters is 1. The van der Waals surface area contributed by atoms with Crippen molar-refractivity contribution in [2.45, 2.75) is 6.42 Å². The molecule has 0 saturated carbocycles. The summed E-state index contributed by atoms with van der Waals surface area (Å²) >= 11 is 7.27. The highest BCUT2D eigenvalue weighted by molar-refractivity contribution is 8.13. The number of halogens is 1. The lowest BCUT2D eigenvalue weighted by Gasteiger charge is -2.13. The first-order valence-corrected chi connectivity index (χ1v) is 9.67. The molecule has 0 aromatic heterocycles. The van der Waals surface area contributed by atoms with Crippen LogP contribution in [0.1, 0.15) is 16.8 Å². The first-order valence-electron chi connectivity index (χ1n) is 8.31. The van der Waals surface area contributed by atoms with Gasteiger partial charge in [0.1, 0.15) is 5.75 Å². The summed E-state index contributed by atoms with van der Waals surface area (Å²) < 4.78 is 5.26. The molecule has 0 radical (unpaired) electrons. The minimum absolute atomic E-state index is 0.00131. The van der Waals surface area contributed by atoms with Crippen molar-refractivity contribution in [3.63, 3.8) is 0 Å². The van der Waals surface area contributed by atoms with Crippen molar-refractivity contribution in [1.29, 1.82) is 0 Å². The van der Waals surface area contributed by atoms with Gasteiger partial charge in [-0.2, -0.15) is 0 Å². The number of anilines is 1. The second-order valence-electron chi connectivity index (χ2n) is 5.78. The maximum Gasteiger partial charge on any atom is 0.312 e. The Morgan fingerprint density at radius 1 is 1.15 bits per heavy atom. The molecular formula is C19H17ClN2O4S. The molecule has 2 aromatic carbocycles. The summed E-state index contributed by atoms with van der Waals surface area (Å²) in [6, 6.07) is 13.2. The van der Waals surface area contributed by atoms with Gasteiger partial charge in [0.2, 0.25) is 0 Å². The van der Waals surface area contributed by atoms with Crippen molar-refractivity contribution in [3.8, 4) is 5.75 Å². The summed E-state index contributed by atoms with van der Waals surface area (Å²) in [5.41, 5.74) is 0.934. The highest BCUT2D eigenvalue weighted by Crippen LogP contribution is 2.20. The van der Waals surface area contributed by atoms with Crippen molar-refractivity contribution in [2.24, 2.45) is 0 Å². The van der Waals surface area contributed by atoms with E-state index in [1.54, 1.807) is 53.4 Å². The van der Waals surface area contributed by atoms with E-state index in [2.05, 4.69) is 5.32 Å². The molecule has 2 aromatic rings. The van der Waals surface area contributed by atoms with E-state index in [1.165, 1.54) is 11.8 Å².